The summed E-state index contributed by atoms with van der Waals surface area (Å²) in [5.74, 6) is -1.17. The Labute approximate surface area is 99.9 Å². The molecule has 2 rings (SSSR count). The molecule has 4 atom stereocenters. The van der Waals surface area contributed by atoms with Crippen LogP contribution in [0.15, 0.2) is 5.38 Å². The first-order valence-electron chi connectivity index (χ1n) is 4.85. The Morgan fingerprint density at radius 1 is 1.47 bits per heavy atom. The number of thiazole rings is 1. The molecule has 0 saturated carbocycles. The van der Waals surface area contributed by atoms with Gasteiger partial charge in [0.2, 0.25) is 0 Å². The van der Waals surface area contributed by atoms with E-state index in [1.165, 1.54) is 5.38 Å². The summed E-state index contributed by atoms with van der Waals surface area (Å²) in [7, 11) is 0. The maximum Gasteiger partial charge on any atom is 0.355 e. The highest BCUT2D eigenvalue weighted by Gasteiger charge is 2.44. The van der Waals surface area contributed by atoms with Gasteiger partial charge in [0.05, 0.1) is 6.61 Å². The van der Waals surface area contributed by atoms with E-state index in [1.807, 2.05) is 0 Å². The third-order valence-corrected chi connectivity index (χ3v) is 3.43. The van der Waals surface area contributed by atoms with E-state index in [2.05, 4.69) is 4.98 Å². The lowest BCUT2D eigenvalue weighted by Gasteiger charge is -2.11. The van der Waals surface area contributed by atoms with E-state index >= 15 is 0 Å². The molecule has 0 aliphatic carbocycles. The quantitative estimate of drug-likeness (QED) is 0.550. The molecular weight excluding hydrogens is 250 g/mol. The summed E-state index contributed by atoms with van der Waals surface area (Å²) in [6, 6.07) is 0. The number of aliphatic hydroxyl groups excluding tert-OH is 3. The number of ether oxygens (including phenoxy) is 1. The van der Waals surface area contributed by atoms with Gasteiger partial charge < -0.3 is 25.2 Å². The zero-order valence-electron chi connectivity index (χ0n) is 8.55. The number of aromatic carboxylic acids is 1. The van der Waals surface area contributed by atoms with E-state index in [4.69, 9.17) is 14.9 Å². The Kier molecular flexibility index (Phi) is 3.40. The van der Waals surface area contributed by atoms with Crippen molar-refractivity contribution < 1.29 is 30.0 Å². The summed E-state index contributed by atoms with van der Waals surface area (Å²) in [6.07, 6.45) is -4.21. The summed E-state index contributed by atoms with van der Waals surface area (Å²) in [6.45, 7) is -0.425. The maximum absolute atomic E-state index is 10.6. The fourth-order valence-corrected chi connectivity index (χ4v) is 2.49. The largest absolute Gasteiger partial charge is 0.476 e. The first kappa shape index (κ1) is 12.4. The molecule has 7 nitrogen and oxygen atoms in total. The van der Waals surface area contributed by atoms with E-state index in [0.717, 1.165) is 11.3 Å². The number of aliphatic hydroxyl groups is 3. The van der Waals surface area contributed by atoms with Crippen molar-refractivity contribution in [2.75, 3.05) is 6.61 Å². The lowest BCUT2D eigenvalue weighted by molar-refractivity contribution is -0.0228. The fraction of sp³-hybridized carbons (Fsp3) is 0.556. The summed E-state index contributed by atoms with van der Waals surface area (Å²) in [5, 5.41) is 38.4. The van der Waals surface area contributed by atoms with Gasteiger partial charge in [0.15, 0.2) is 5.69 Å². The minimum Gasteiger partial charge on any atom is -0.476 e. The number of carbonyl (C=O) groups is 1. The molecule has 0 radical (unpaired) electrons. The third kappa shape index (κ3) is 2.17. The Bertz CT molecular complexity index is 421. The number of nitrogens with zero attached hydrogens (tertiary/aromatic N) is 1. The molecule has 1 fully saturated rings. The number of carboxylic acids is 1. The molecule has 1 aromatic rings. The SMILES string of the molecule is O=C(O)c1csc(C2O[C@H](CO)[C@@H](O)[C@H]2O)n1. The van der Waals surface area contributed by atoms with Gasteiger partial charge in [-0.2, -0.15) is 0 Å². The normalized spacial score (nSPS) is 32.9. The molecule has 0 bridgehead atoms. The number of carboxylic acid groups (broad SMARTS) is 1. The van der Waals surface area contributed by atoms with Crippen LogP contribution in [-0.2, 0) is 4.74 Å². The van der Waals surface area contributed by atoms with E-state index in [0.29, 0.717) is 0 Å². The lowest BCUT2D eigenvalue weighted by atomic mass is 10.1. The van der Waals surface area contributed by atoms with Crippen LogP contribution in [0.25, 0.3) is 0 Å². The van der Waals surface area contributed by atoms with Crippen molar-refractivity contribution in [2.24, 2.45) is 0 Å². The second-order valence-electron chi connectivity index (χ2n) is 3.64. The molecule has 17 heavy (non-hydrogen) atoms. The van der Waals surface area contributed by atoms with Gasteiger partial charge in [-0.15, -0.1) is 11.3 Å². The van der Waals surface area contributed by atoms with Gasteiger partial charge in [0, 0.05) is 5.38 Å². The lowest BCUT2D eigenvalue weighted by Crippen LogP contribution is -2.32. The average Bonchev–Trinajstić information content (AvgIpc) is 2.87. The topological polar surface area (TPSA) is 120 Å². The van der Waals surface area contributed by atoms with Crippen LogP contribution in [0.3, 0.4) is 0 Å². The highest BCUT2D eigenvalue weighted by Crippen LogP contribution is 2.34. The van der Waals surface area contributed by atoms with Crippen molar-refractivity contribution in [2.45, 2.75) is 24.4 Å². The molecule has 0 amide bonds. The summed E-state index contributed by atoms with van der Waals surface area (Å²) in [5.41, 5.74) is -0.136. The molecule has 1 unspecified atom stereocenters. The highest BCUT2D eigenvalue weighted by atomic mass is 32.1. The molecule has 1 aromatic heterocycles. The van der Waals surface area contributed by atoms with Gasteiger partial charge in [0.1, 0.15) is 29.4 Å². The van der Waals surface area contributed by atoms with Crippen LogP contribution >= 0.6 is 11.3 Å². The third-order valence-electron chi connectivity index (χ3n) is 2.53. The van der Waals surface area contributed by atoms with Crippen LogP contribution < -0.4 is 0 Å². The second kappa shape index (κ2) is 4.67. The van der Waals surface area contributed by atoms with Crippen LogP contribution in [0.1, 0.15) is 21.6 Å². The van der Waals surface area contributed by atoms with Crippen molar-refractivity contribution >= 4 is 17.3 Å². The maximum atomic E-state index is 10.6. The molecule has 1 aliphatic heterocycles. The molecule has 2 heterocycles. The average molecular weight is 261 g/mol. The molecule has 0 aromatic carbocycles. The van der Waals surface area contributed by atoms with Crippen LogP contribution in [0, 0.1) is 0 Å². The van der Waals surface area contributed by atoms with Gasteiger partial charge in [-0.25, -0.2) is 9.78 Å². The number of rotatable bonds is 3. The number of aromatic nitrogens is 1. The predicted molar refractivity (Wildman–Crippen MR) is 55.8 cm³/mol. The molecule has 1 aliphatic rings. The summed E-state index contributed by atoms with van der Waals surface area (Å²) >= 11 is 1.02. The van der Waals surface area contributed by atoms with E-state index in [-0.39, 0.29) is 10.7 Å². The highest BCUT2D eigenvalue weighted by molar-refractivity contribution is 7.09. The minimum atomic E-state index is -1.22. The first-order chi connectivity index (χ1) is 8.04. The van der Waals surface area contributed by atoms with Gasteiger partial charge in [-0.3, -0.25) is 0 Å². The monoisotopic (exact) mass is 261 g/mol. The summed E-state index contributed by atoms with van der Waals surface area (Å²) < 4.78 is 5.22. The smallest absolute Gasteiger partial charge is 0.355 e. The molecular formula is C9H11NO6S. The Morgan fingerprint density at radius 3 is 2.65 bits per heavy atom. The van der Waals surface area contributed by atoms with Gasteiger partial charge in [-0.1, -0.05) is 0 Å². The van der Waals surface area contributed by atoms with Gasteiger partial charge in [-0.05, 0) is 0 Å². The Balaban J connectivity index is 2.19. The van der Waals surface area contributed by atoms with Crippen LogP contribution in [0.4, 0.5) is 0 Å². The molecule has 94 valence electrons. The van der Waals surface area contributed by atoms with Crippen molar-refractivity contribution in [3.63, 3.8) is 0 Å². The molecule has 4 N–H and O–H groups in total. The molecule has 0 spiro atoms. The van der Waals surface area contributed by atoms with Crippen LogP contribution in [-0.4, -0.2) is 56.3 Å². The number of hydrogen-bond acceptors (Lipinski definition) is 7. The molecule has 1 saturated heterocycles. The summed E-state index contributed by atoms with van der Waals surface area (Å²) in [4.78, 5) is 14.4. The second-order valence-corrected chi connectivity index (χ2v) is 4.52. The van der Waals surface area contributed by atoms with E-state index < -0.39 is 37.0 Å². The van der Waals surface area contributed by atoms with E-state index in [9.17, 15) is 15.0 Å². The van der Waals surface area contributed by atoms with Crippen molar-refractivity contribution in [1.82, 2.24) is 4.98 Å². The Morgan fingerprint density at radius 2 is 2.18 bits per heavy atom. The number of hydrogen-bond donors (Lipinski definition) is 4. The van der Waals surface area contributed by atoms with Gasteiger partial charge in [0.25, 0.3) is 0 Å². The van der Waals surface area contributed by atoms with Crippen molar-refractivity contribution in [3.8, 4) is 0 Å². The van der Waals surface area contributed by atoms with Crippen LogP contribution in [0.2, 0.25) is 0 Å². The fourth-order valence-electron chi connectivity index (χ4n) is 1.62. The zero-order chi connectivity index (χ0) is 12.6. The minimum absolute atomic E-state index is 0.136. The molecule has 8 heteroatoms. The Hall–Kier alpha value is -1.06. The standard InChI is InChI=1S/C9H11NO6S/c11-1-4-5(12)6(13)7(16-4)8-10-3(2-17-8)9(14)15/h2,4-7,11-13H,1H2,(H,14,15)/t4-,5-,6-,7?/m1/s1. The predicted octanol–water partition coefficient (Wildman–Crippen LogP) is -1.00. The first-order valence-corrected chi connectivity index (χ1v) is 5.73. The van der Waals surface area contributed by atoms with Crippen LogP contribution in [0.5, 0.6) is 0 Å². The zero-order valence-corrected chi connectivity index (χ0v) is 9.37. The van der Waals surface area contributed by atoms with Crippen molar-refractivity contribution in [3.05, 3.63) is 16.1 Å². The van der Waals surface area contributed by atoms with E-state index in [1.54, 1.807) is 0 Å². The van der Waals surface area contributed by atoms with Gasteiger partial charge >= 0.3 is 5.97 Å². The van der Waals surface area contributed by atoms with Crippen molar-refractivity contribution in [1.29, 1.82) is 0 Å².